The molecule has 116 valence electrons. The summed E-state index contributed by atoms with van der Waals surface area (Å²) in [5, 5.41) is 0. The minimum Gasteiger partial charge on any atom is -0.472 e. The molecule has 0 unspecified atom stereocenters. The highest BCUT2D eigenvalue weighted by Crippen LogP contribution is 2.31. The third-order valence-corrected chi connectivity index (χ3v) is 4.79. The zero-order chi connectivity index (χ0) is 14.8. The van der Waals surface area contributed by atoms with Crippen LogP contribution < -0.4 is 0 Å². The first-order valence-electron chi connectivity index (χ1n) is 7.81. The van der Waals surface area contributed by atoms with Crippen LogP contribution in [0.5, 0.6) is 0 Å². The molecule has 2 aliphatic heterocycles. The van der Waals surface area contributed by atoms with E-state index in [0.717, 1.165) is 26.2 Å². The van der Waals surface area contributed by atoms with Crippen molar-refractivity contribution in [3.8, 4) is 0 Å². The molecular formula is C16H25N3O2. The quantitative estimate of drug-likeness (QED) is 0.837. The minimum absolute atomic E-state index is 0.204. The number of amides is 1. The van der Waals surface area contributed by atoms with Crippen LogP contribution in [0.15, 0.2) is 23.0 Å². The summed E-state index contributed by atoms with van der Waals surface area (Å²) in [7, 11) is 3.66. The van der Waals surface area contributed by atoms with Crippen LogP contribution in [-0.4, -0.2) is 66.9 Å². The van der Waals surface area contributed by atoms with Crippen molar-refractivity contribution >= 4 is 5.91 Å². The lowest BCUT2D eigenvalue weighted by Gasteiger charge is -2.36. The number of carbonyl (C=O) groups is 1. The molecule has 3 rings (SSSR count). The average molecular weight is 291 g/mol. The van der Waals surface area contributed by atoms with Gasteiger partial charge in [-0.1, -0.05) is 0 Å². The third-order valence-electron chi connectivity index (χ3n) is 4.79. The molecule has 1 aromatic heterocycles. The largest absolute Gasteiger partial charge is 0.472 e. The van der Waals surface area contributed by atoms with Crippen molar-refractivity contribution in [3.05, 3.63) is 24.2 Å². The van der Waals surface area contributed by atoms with Gasteiger partial charge in [-0.15, -0.1) is 0 Å². The van der Waals surface area contributed by atoms with Gasteiger partial charge in [0.1, 0.15) is 0 Å². The predicted molar refractivity (Wildman–Crippen MR) is 80.8 cm³/mol. The number of hydrogen-bond donors (Lipinski definition) is 0. The standard InChI is InChI=1S/C16H25N3O2/c1-17(2)16(20)11-18-9-14-4-3-6-19(15(14)10-18)8-13-5-7-21-12-13/h5,7,12,14-15H,3-4,6,8-11H2,1-2H3/t14-,15+/m0/s1. The van der Waals surface area contributed by atoms with E-state index >= 15 is 0 Å². The molecule has 21 heavy (non-hydrogen) atoms. The highest BCUT2D eigenvalue weighted by atomic mass is 16.3. The number of nitrogens with zero attached hydrogens (tertiary/aromatic N) is 3. The lowest BCUT2D eigenvalue weighted by Crippen LogP contribution is -2.44. The molecule has 0 aliphatic carbocycles. The fraction of sp³-hybridized carbons (Fsp3) is 0.688. The molecule has 5 heteroatoms. The molecule has 1 amide bonds. The zero-order valence-corrected chi connectivity index (χ0v) is 13.0. The summed E-state index contributed by atoms with van der Waals surface area (Å²) in [6, 6.07) is 2.63. The Kier molecular flexibility index (Phi) is 4.31. The number of hydrogen-bond acceptors (Lipinski definition) is 4. The van der Waals surface area contributed by atoms with E-state index in [-0.39, 0.29) is 5.91 Å². The van der Waals surface area contributed by atoms with E-state index < -0.39 is 0 Å². The molecule has 2 atom stereocenters. The van der Waals surface area contributed by atoms with E-state index in [1.54, 1.807) is 11.2 Å². The topological polar surface area (TPSA) is 39.9 Å². The molecule has 0 N–H and O–H groups in total. The van der Waals surface area contributed by atoms with Gasteiger partial charge in [0, 0.05) is 45.3 Å². The highest BCUT2D eigenvalue weighted by molar-refractivity contribution is 5.77. The Morgan fingerprint density at radius 2 is 2.29 bits per heavy atom. The van der Waals surface area contributed by atoms with Crippen LogP contribution in [0.3, 0.4) is 0 Å². The first-order valence-corrected chi connectivity index (χ1v) is 7.81. The first-order chi connectivity index (χ1) is 10.1. The summed E-state index contributed by atoms with van der Waals surface area (Å²) in [5.74, 6) is 0.913. The Labute approximate surface area is 126 Å². The Bertz CT molecular complexity index is 472. The molecule has 2 saturated heterocycles. The van der Waals surface area contributed by atoms with Crippen molar-refractivity contribution < 1.29 is 9.21 Å². The molecule has 1 aromatic rings. The van der Waals surface area contributed by atoms with Gasteiger partial charge in [0.2, 0.25) is 5.91 Å². The Morgan fingerprint density at radius 1 is 1.43 bits per heavy atom. The van der Waals surface area contributed by atoms with E-state index in [1.165, 1.54) is 18.4 Å². The number of likely N-dealkylation sites (tertiary alicyclic amines) is 2. The van der Waals surface area contributed by atoms with Gasteiger partial charge < -0.3 is 9.32 Å². The highest BCUT2D eigenvalue weighted by Gasteiger charge is 2.39. The smallest absolute Gasteiger partial charge is 0.236 e. The SMILES string of the molecule is CN(C)C(=O)CN1C[C@@H]2CCCN(Cc3ccoc3)[C@@H]2C1. The maximum Gasteiger partial charge on any atom is 0.236 e. The van der Waals surface area contributed by atoms with E-state index in [1.807, 2.05) is 26.4 Å². The van der Waals surface area contributed by atoms with E-state index in [4.69, 9.17) is 4.42 Å². The molecule has 0 saturated carbocycles. The number of rotatable bonds is 4. The average Bonchev–Trinajstić information content (AvgIpc) is 3.08. The van der Waals surface area contributed by atoms with Crippen LogP contribution in [0.2, 0.25) is 0 Å². The molecule has 3 heterocycles. The molecule has 0 spiro atoms. The van der Waals surface area contributed by atoms with Gasteiger partial charge in [-0.3, -0.25) is 14.6 Å². The maximum atomic E-state index is 11.9. The van der Waals surface area contributed by atoms with Gasteiger partial charge in [0.05, 0.1) is 19.1 Å². The second kappa shape index (κ2) is 6.20. The number of piperidine rings is 1. The molecule has 2 fully saturated rings. The van der Waals surface area contributed by atoms with Crippen LogP contribution in [0.4, 0.5) is 0 Å². The number of fused-ring (bicyclic) bond motifs is 1. The van der Waals surface area contributed by atoms with Crippen molar-refractivity contribution in [2.45, 2.75) is 25.4 Å². The van der Waals surface area contributed by atoms with Gasteiger partial charge >= 0.3 is 0 Å². The van der Waals surface area contributed by atoms with Gasteiger partial charge in [0.15, 0.2) is 0 Å². The predicted octanol–water partition coefficient (Wildman–Crippen LogP) is 1.26. The van der Waals surface area contributed by atoms with Crippen LogP contribution >= 0.6 is 0 Å². The van der Waals surface area contributed by atoms with Gasteiger partial charge in [0.25, 0.3) is 0 Å². The zero-order valence-electron chi connectivity index (χ0n) is 13.0. The number of furan rings is 1. The van der Waals surface area contributed by atoms with Crippen molar-refractivity contribution in [2.24, 2.45) is 5.92 Å². The van der Waals surface area contributed by atoms with Crippen molar-refractivity contribution in [1.29, 1.82) is 0 Å². The Hall–Kier alpha value is -1.33. The summed E-state index contributed by atoms with van der Waals surface area (Å²) >= 11 is 0. The molecular weight excluding hydrogens is 266 g/mol. The fourth-order valence-corrected chi connectivity index (χ4v) is 3.64. The van der Waals surface area contributed by atoms with E-state index in [0.29, 0.717) is 18.5 Å². The lowest BCUT2D eigenvalue weighted by atomic mass is 9.92. The molecule has 0 aromatic carbocycles. The Balaban J connectivity index is 1.61. The van der Waals surface area contributed by atoms with Crippen molar-refractivity contribution in [1.82, 2.24) is 14.7 Å². The second-order valence-electron chi connectivity index (χ2n) is 6.55. The minimum atomic E-state index is 0.204. The Morgan fingerprint density at radius 3 is 3.00 bits per heavy atom. The molecule has 2 aliphatic rings. The van der Waals surface area contributed by atoms with Gasteiger partial charge in [-0.25, -0.2) is 0 Å². The van der Waals surface area contributed by atoms with Crippen LogP contribution in [0.1, 0.15) is 18.4 Å². The normalized spacial score (nSPS) is 26.8. The summed E-state index contributed by atoms with van der Waals surface area (Å²) in [6.45, 7) is 4.75. The maximum absolute atomic E-state index is 11.9. The fourth-order valence-electron chi connectivity index (χ4n) is 3.64. The molecule has 0 bridgehead atoms. The van der Waals surface area contributed by atoms with Gasteiger partial charge in [-0.2, -0.15) is 0 Å². The van der Waals surface area contributed by atoms with Crippen LogP contribution in [0, 0.1) is 5.92 Å². The van der Waals surface area contributed by atoms with Crippen molar-refractivity contribution in [3.63, 3.8) is 0 Å². The van der Waals surface area contributed by atoms with Gasteiger partial charge in [-0.05, 0) is 31.4 Å². The summed E-state index contributed by atoms with van der Waals surface area (Å²) in [6.07, 6.45) is 6.13. The molecule has 5 nitrogen and oxygen atoms in total. The van der Waals surface area contributed by atoms with Crippen LogP contribution in [0.25, 0.3) is 0 Å². The van der Waals surface area contributed by atoms with Crippen LogP contribution in [-0.2, 0) is 11.3 Å². The summed E-state index contributed by atoms with van der Waals surface area (Å²) in [4.78, 5) is 18.5. The second-order valence-corrected chi connectivity index (χ2v) is 6.55. The number of likely N-dealkylation sites (N-methyl/N-ethyl adjacent to an activating group) is 1. The first kappa shape index (κ1) is 14.6. The molecule has 0 radical (unpaired) electrons. The third kappa shape index (κ3) is 3.30. The lowest BCUT2D eigenvalue weighted by molar-refractivity contribution is -0.129. The monoisotopic (exact) mass is 291 g/mol. The van der Waals surface area contributed by atoms with E-state index in [9.17, 15) is 4.79 Å². The van der Waals surface area contributed by atoms with E-state index in [2.05, 4.69) is 9.80 Å². The summed E-state index contributed by atoms with van der Waals surface area (Å²) < 4.78 is 5.18. The number of carbonyl (C=O) groups excluding carboxylic acids is 1. The summed E-state index contributed by atoms with van der Waals surface area (Å²) in [5.41, 5.74) is 1.25. The van der Waals surface area contributed by atoms with Crippen molar-refractivity contribution in [2.75, 3.05) is 40.3 Å².